The van der Waals surface area contributed by atoms with Gasteiger partial charge in [0.05, 0.1) is 24.9 Å². The van der Waals surface area contributed by atoms with Crippen LogP contribution < -0.4 is 10.9 Å². The van der Waals surface area contributed by atoms with Crippen LogP contribution in [0.25, 0.3) is 10.2 Å². The average Bonchev–Trinajstić information content (AvgIpc) is 2.93. The van der Waals surface area contributed by atoms with Gasteiger partial charge in [0.25, 0.3) is 5.56 Å². The van der Waals surface area contributed by atoms with Crippen molar-refractivity contribution in [3.8, 4) is 0 Å². The fraction of sp³-hybridized carbons (Fsp3) is 0.526. The highest BCUT2D eigenvalue weighted by Crippen LogP contribution is 2.27. The van der Waals surface area contributed by atoms with Gasteiger partial charge in [-0.05, 0) is 40.2 Å². The van der Waals surface area contributed by atoms with E-state index in [1.54, 1.807) is 13.8 Å². The molecule has 0 spiro atoms. The summed E-state index contributed by atoms with van der Waals surface area (Å²) in [5.74, 6) is -1.20. The fourth-order valence-corrected chi connectivity index (χ4v) is 3.72. The van der Waals surface area contributed by atoms with Crippen molar-refractivity contribution < 1.29 is 19.1 Å². The minimum atomic E-state index is -0.500. The molecule has 158 valence electrons. The van der Waals surface area contributed by atoms with Gasteiger partial charge in [-0.2, -0.15) is 0 Å². The first-order chi connectivity index (χ1) is 13.4. The minimum Gasteiger partial charge on any atom is -0.462 e. The third-order valence-corrected chi connectivity index (χ3v) is 5.18. The average molecular weight is 423 g/mol. The van der Waals surface area contributed by atoms with Gasteiger partial charge >= 0.3 is 5.97 Å². The largest absolute Gasteiger partial charge is 0.462 e. The van der Waals surface area contributed by atoms with Crippen LogP contribution in [0.5, 0.6) is 0 Å². The van der Waals surface area contributed by atoms with E-state index in [1.165, 1.54) is 22.8 Å². The number of nitrogens with one attached hydrogen (secondary N) is 1. The lowest BCUT2D eigenvalue weighted by Gasteiger charge is -2.23. The summed E-state index contributed by atoms with van der Waals surface area (Å²) < 4.78 is 6.19. The summed E-state index contributed by atoms with van der Waals surface area (Å²) in [6.45, 7) is 8.76. The Kier molecular flexibility index (Phi) is 6.78. The van der Waals surface area contributed by atoms with Crippen molar-refractivity contribution in [3.05, 3.63) is 27.1 Å². The first-order valence-corrected chi connectivity index (χ1v) is 9.97. The molecule has 2 aromatic rings. The van der Waals surface area contributed by atoms with E-state index in [1.807, 2.05) is 20.8 Å². The van der Waals surface area contributed by atoms with Gasteiger partial charge < -0.3 is 15.0 Å². The lowest BCUT2D eigenvalue weighted by Crippen LogP contribution is -2.47. The monoisotopic (exact) mass is 422 g/mol. The molecule has 2 rings (SSSR count). The molecule has 29 heavy (non-hydrogen) atoms. The van der Waals surface area contributed by atoms with Crippen molar-refractivity contribution in [2.24, 2.45) is 0 Å². The van der Waals surface area contributed by atoms with Gasteiger partial charge in [-0.3, -0.25) is 19.0 Å². The molecular formula is C19H26N4O5S. The second-order valence-electron chi connectivity index (χ2n) is 7.68. The standard InChI is InChI=1S/C19H26N4O5S/c1-7-28-18(27)15-11(2)14-16(29-15)20-10-23(17(14)26)9-13(25)22(6)8-12(24)21-19(3,4)5/h10H,7-9H2,1-6H3,(H,21,24). The normalized spacial score (nSPS) is 11.4. The Morgan fingerprint density at radius 1 is 1.31 bits per heavy atom. The Bertz CT molecular complexity index is 1000. The summed E-state index contributed by atoms with van der Waals surface area (Å²) in [6.07, 6.45) is 1.27. The van der Waals surface area contributed by atoms with Crippen LogP contribution >= 0.6 is 11.3 Å². The lowest BCUT2D eigenvalue weighted by atomic mass is 10.1. The van der Waals surface area contributed by atoms with Crippen LogP contribution in [-0.4, -0.2) is 58.0 Å². The molecule has 0 aliphatic rings. The molecule has 2 aromatic heterocycles. The number of amides is 2. The first kappa shape index (κ1) is 22.5. The van der Waals surface area contributed by atoms with Crippen LogP contribution in [0.4, 0.5) is 0 Å². The first-order valence-electron chi connectivity index (χ1n) is 9.15. The molecular weight excluding hydrogens is 396 g/mol. The van der Waals surface area contributed by atoms with Crippen LogP contribution in [0, 0.1) is 6.92 Å². The number of nitrogens with zero attached hydrogens (tertiary/aromatic N) is 3. The van der Waals surface area contributed by atoms with Gasteiger partial charge in [0, 0.05) is 12.6 Å². The van der Waals surface area contributed by atoms with Crippen molar-refractivity contribution in [1.82, 2.24) is 19.8 Å². The Morgan fingerprint density at radius 3 is 2.55 bits per heavy atom. The number of likely N-dealkylation sites (N-methyl/N-ethyl adjacent to an activating group) is 1. The topological polar surface area (TPSA) is 111 Å². The van der Waals surface area contributed by atoms with E-state index in [4.69, 9.17) is 4.74 Å². The van der Waals surface area contributed by atoms with E-state index in [-0.39, 0.29) is 25.6 Å². The summed E-state index contributed by atoms with van der Waals surface area (Å²) in [6, 6.07) is 0. The fourth-order valence-electron chi connectivity index (χ4n) is 2.69. The lowest BCUT2D eigenvalue weighted by molar-refractivity contribution is -0.135. The maximum Gasteiger partial charge on any atom is 0.348 e. The number of aryl methyl sites for hydroxylation is 1. The molecule has 1 N–H and O–H groups in total. The number of rotatable bonds is 6. The molecule has 0 atom stereocenters. The smallest absolute Gasteiger partial charge is 0.348 e. The zero-order chi connectivity index (χ0) is 21.9. The van der Waals surface area contributed by atoms with E-state index in [0.29, 0.717) is 20.7 Å². The molecule has 0 fully saturated rings. The highest BCUT2D eigenvalue weighted by Gasteiger charge is 2.22. The highest BCUT2D eigenvalue weighted by molar-refractivity contribution is 7.20. The Labute approximate surface area is 172 Å². The van der Waals surface area contributed by atoms with Gasteiger partial charge in [0.2, 0.25) is 11.8 Å². The van der Waals surface area contributed by atoms with Crippen LogP contribution in [0.2, 0.25) is 0 Å². The molecule has 0 radical (unpaired) electrons. The van der Waals surface area contributed by atoms with Gasteiger partial charge in [-0.1, -0.05) is 0 Å². The molecule has 0 aliphatic carbocycles. The summed E-state index contributed by atoms with van der Waals surface area (Å²) in [5.41, 5.74) is -0.333. The molecule has 0 aliphatic heterocycles. The van der Waals surface area contributed by atoms with Crippen molar-refractivity contribution in [1.29, 1.82) is 0 Å². The number of ether oxygens (including phenoxy) is 1. The maximum atomic E-state index is 12.8. The molecule has 10 heteroatoms. The summed E-state index contributed by atoms with van der Waals surface area (Å²) in [7, 11) is 1.50. The Hall–Kier alpha value is -2.75. The van der Waals surface area contributed by atoms with Gasteiger partial charge in [0.15, 0.2) is 0 Å². The van der Waals surface area contributed by atoms with Crippen molar-refractivity contribution in [3.63, 3.8) is 0 Å². The minimum absolute atomic E-state index is 0.120. The van der Waals surface area contributed by atoms with Crippen molar-refractivity contribution in [2.45, 2.75) is 46.7 Å². The number of fused-ring (bicyclic) bond motifs is 1. The Morgan fingerprint density at radius 2 is 1.97 bits per heavy atom. The van der Waals surface area contributed by atoms with Gasteiger partial charge in [-0.15, -0.1) is 11.3 Å². The number of esters is 1. The zero-order valence-electron chi connectivity index (χ0n) is 17.5. The van der Waals surface area contributed by atoms with E-state index in [0.717, 1.165) is 11.3 Å². The molecule has 9 nitrogen and oxygen atoms in total. The second kappa shape index (κ2) is 8.73. The number of thiophene rings is 1. The van der Waals surface area contributed by atoms with E-state index in [2.05, 4.69) is 10.3 Å². The predicted octanol–water partition coefficient (Wildman–Crippen LogP) is 1.32. The third-order valence-electron chi connectivity index (χ3n) is 4.00. The van der Waals surface area contributed by atoms with Crippen molar-refractivity contribution >= 4 is 39.3 Å². The number of carbonyl (C=O) groups is 3. The predicted molar refractivity (Wildman–Crippen MR) is 110 cm³/mol. The van der Waals surface area contributed by atoms with Crippen LogP contribution in [0.3, 0.4) is 0 Å². The number of hydrogen-bond donors (Lipinski definition) is 1. The highest BCUT2D eigenvalue weighted by atomic mass is 32.1. The molecule has 0 unspecified atom stereocenters. The molecule has 0 saturated heterocycles. The van der Waals surface area contributed by atoms with Crippen LogP contribution in [0.1, 0.15) is 42.9 Å². The van der Waals surface area contributed by atoms with Crippen LogP contribution in [-0.2, 0) is 20.9 Å². The molecule has 0 aromatic carbocycles. The molecule has 2 heterocycles. The maximum absolute atomic E-state index is 12.8. The second-order valence-corrected chi connectivity index (χ2v) is 8.68. The van der Waals surface area contributed by atoms with E-state index < -0.39 is 23.0 Å². The van der Waals surface area contributed by atoms with E-state index in [9.17, 15) is 19.2 Å². The molecule has 2 amide bonds. The third kappa shape index (κ3) is 5.41. The summed E-state index contributed by atoms with van der Waals surface area (Å²) >= 11 is 1.09. The number of aromatic nitrogens is 2. The number of hydrogen-bond acceptors (Lipinski definition) is 7. The number of carbonyl (C=O) groups excluding carboxylic acids is 3. The molecule has 0 saturated carbocycles. The van der Waals surface area contributed by atoms with Gasteiger partial charge in [-0.25, -0.2) is 9.78 Å². The van der Waals surface area contributed by atoms with Crippen molar-refractivity contribution in [2.75, 3.05) is 20.2 Å². The van der Waals surface area contributed by atoms with Gasteiger partial charge in [0.1, 0.15) is 16.3 Å². The zero-order valence-corrected chi connectivity index (χ0v) is 18.3. The summed E-state index contributed by atoms with van der Waals surface area (Å²) in [4.78, 5) is 55.6. The Balaban J connectivity index is 2.22. The molecule has 0 bridgehead atoms. The quantitative estimate of drug-likeness (QED) is 0.703. The summed E-state index contributed by atoms with van der Waals surface area (Å²) in [5, 5.41) is 3.07. The van der Waals surface area contributed by atoms with Crippen LogP contribution in [0.15, 0.2) is 11.1 Å². The van der Waals surface area contributed by atoms with E-state index >= 15 is 0 Å². The SMILES string of the molecule is CCOC(=O)c1sc2ncn(CC(=O)N(C)CC(=O)NC(C)(C)C)c(=O)c2c1C.